The standard InChI is InChI=1S/C14H22F3N3/c1-13(2,3)19-9-11-5-7-18-10-12(11)20(4)8-6-14(15,16)17/h5,7,10,19H,6,8-9H2,1-4H3. The topological polar surface area (TPSA) is 28.2 Å². The summed E-state index contributed by atoms with van der Waals surface area (Å²) in [5.74, 6) is 0. The van der Waals surface area contributed by atoms with Crippen LogP contribution in [-0.2, 0) is 6.54 Å². The molecule has 0 atom stereocenters. The van der Waals surface area contributed by atoms with Gasteiger partial charge in [0.25, 0.3) is 0 Å². The maximum absolute atomic E-state index is 12.3. The normalized spacial score (nSPS) is 12.6. The molecule has 0 aliphatic carbocycles. The van der Waals surface area contributed by atoms with E-state index in [0.717, 1.165) is 11.3 Å². The number of halogens is 3. The molecule has 1 heterocycles. The van der Waals surface area contributed by atoms with Crippen molar-refractivity contribution in [3.8, 4) is 0 Å². The number of hydrogen-bond acceptors (Lipinski definition) is 3. The molecule has 0 saturated carbocycles. The van der Waals surface area contributed by atoms with Gasteiger partial charge >= 0.3 is 6.18 Å². The number of anilines is 1. The van der Waals surface area contributed by atoms with Gasteiger partial charge < -0.3 is 10.2 Å². The molecule has 1 N–H and O–H groups in total. The summed E-state index contributed by atoms with van der Waals surface area (Å²) in [6.45, 7) is 6.65. The smallest absolute Gasteiger partial charge is 0.373 e. The van der Waals surface area contributed by atoms with E-state index in [4.69, 9.17) is 0 Å². The Balaban J connectivity index is 2.74. The maximum atomic E-state index is 12.3. The van der Waals surface area contributed by atoms with Crippen molar-refractivity contribution in [2.24, 2.45) is 0 Å². The minimum absolute atomic E-state index is 0.0505. The van der Waals surface area contributed by atoms with Gasteiger partial charge in [-0.3, -0.25) is 4.98 Å². The van der Waals surface area contributed by atoms with Crippen molar-refractivity contribution < 1.29 is 13.2 Å². The average molecular weight is 289 g/mol. The Morgan fingerprint density at radius 1 is 1.25 bits per heavy atom. The van der Waals surface area contributed by atoms with Gasteiger partial charge in [0.1, 0.15) is 0 Å². The second kappa shape index (κ2) is 6.43. The predicted octanol–water partition coefficient (Wildman–Crippen LogP) is 3.36. The zero-order valence-corrected chi connectivity index (χ0v) is 12.4. The molecule has 1 rings (SSSR count). The maximum Gasteiger partial charge on any atom is 0.390 e. The van der Waals surface area contributed by atoms with Crippen molar-refractivity contribution in [1.29, 1.82) is 0 Å². The monoisotopic (exact) mass is 289 g/mol. The summed E-state index contributed by atoms with van der Waals surface area (Å²) in [6.07, 6.45) is -1.71. The Hall–Kier alpha value is -1.30. The zero-order chi connectivity index (χ0) is 15.4. The molecule has 20 heavy (non-hydrogen) atoms. The van der Waals surface area contributed by atoms with Gasteiger partial charge in [-0.25, -0.2) is 0 Å². The van der Waals surface area contributed by atoms with Crippen LogP contribution in [0.1, 0.15) is 32.8 Å². The molecular weight excluding hydrogens is 267 g/mol. The highest BCUT2D eigenvalue weighted by Crippen LogP contribution is 2.23. The van der Waals surface area contributed by atoms with E-state index in [-0.39, 0.29) is 12.1 Å². The molecule has 3 nitrogen and oxygen atoms in total. The van der Waals surface area contributed by atoms with E-state index in [1.165, 1.54) is 0 Å². The number of aromatic nitrogens is 1. The Morgan fingerprint density at radius 2 is 1.90 bits per heavy atom. The number of rotatable bonds is 5. The quantitative estimate of drug-likeness (QED) is 0.901. The van der Waals surface area contributed by atoms with Crippen molar-refractivity contribution >= 4 is 5.69 Å². The predicted molar refractivity (Wildman–Crippen MR) is 74.8 cm³/mol. The minimum Gasteiger partial charge on any atom is -0.373 e. The summed E-state index contributed by atoms with van der Waals surface area (Å²) in [4.78, 5) is 5.60. The zero-order valence-electron chi connectivity index (χ0n) is 12.4. The molecule has 0 unspecified atom stereocenters. The van der Waals surface area contributed by atoms with Gasteiger partial charge in [0.15, 0.2) is 0 Å². The van der Waals surface area contributed by atoms with Crippen LogP contribution < -0.4 is 10.2 Å². The third kappa shape index (κ3) is 6.23. The van der Waals surface area contributed by atoms with Crippen molar-refractivity contribution in [1.82, 2.24) is 10.3 Å². The highest BCUT2D eigenvalue weighted by molar-refractivity contribution is 5.51. The van der Waals surface area contributed by atoms with Gasteiger partial charge in [0.05, 0.1) is 18.3 Å². The molecule has 0 aliphatic rings. The van der Waals surface area contributed by atoms with E-state index in [9.17, 15) is 13.2 Å². The van der Waals surface area contributed by atoms with E-state index in [1.54, 1.807) is 24.3 Å². The van der Waals surface area contributed by atoms with Crippen LogP contribution in [0.4, 0.5) is 18.9 Å². The molecule has 6 heteroatoms. The number of nitrogens with one attached hydrogen (secondary N) is 1. The number of nitrogens with zero attached hydrogens (tertiary/aromatic N) is 2. The molecule has 0 radical (unpaired) electrons. The Bertz CT molecular complexity index is 424. The van der Waals surface area contributed by atoms with Crippen molar-refractivity contribution in [3.05, 3.63) is 24.0 Å². The first-order valence-corrected chi connectivity index (χ1v) is 6.54. The first-order valence-electron chi connectivity index (χ1n) is 6.54. The lowest BCUT2D eigenvalue weighted by Crippen LogP contribution is -2.35. The fraction of sp³-hybridized carbons (Fsp3) is 0.643. The van der Waals surface area contributed by atoms with Gasteiger partial charge in [-0.1, -0.05) is 0 Å². The van der Waals surface area contributed by atoms with Crippen LogP contribution >= 0.6 is 0 Å². The fourth-order valence-corrected chi connectivity index (χ4v) is 1.68. The second-order valence-electron chi connectivity index (χ2n) is 5.89. The lowest BCUT2D eigenvalue weighted by molar-refractivity contribution is -0.132. The SMILES string of the molecule is CN(CCC(F)(F)F)c1cnccc1CNC(C)(C)C. The van der Waals surface area contributed by atoms with Crippen molar-refractivity contribution in [3.63, 3.8) is 0 Å². The lowest BCUT2D eigenvalue weighted by atomic mass is 10.1. The van der Waals surface area contributed by atoms with Crippen LogP contribution in [-0.4, -0.2) is 30.3 Å². The van der Waals surface area contributed by atoms with Crippen molar-refractivity contribution in [2.75, 3.05) is 18.5 Å². The third-order valence-corrected chi connectivity index (χ3v) is 2.84. The number of alkyl halides is 3. The van der Waals surface area contributed by atoms with Gasteiger partial charge in [0.2, 0.25) is 0 Å². The lowest BCUT2D eigenvalue weighted by Gasteiger charge is -2.25. The molecule has 0 aromatic carbocycles. The summed E-state index contributed by atoms with van der Waals surface area (Å²) in [5.41, 5.74) is 1.62. The molecule has 114 valence electrons. The van der Waals surface area contributed by atoms with Crippen LogP contribution in [0.3, 0.4) is 0 Å². The molecule has 1 aromatic rings. The Morgan fingerprint density at radius 3 is 2.45 bits per heavy atom. The average Bonchev–Trinajstić information content (AvgIpc) is 2.32. The van der Waals surface area contributed by atoms with Gasteiger partial charge in [-0.15, -0.1) is 0 Å². The third-order valence-electron chi connectivity index (χ3n) is 2.84. The van der Waals surface area contributed by atoms with E-state index < -0.39 is 12.6 Å². The van der Waals surface area contributed by atoms with E-state index in [0.29, 0.717) is 6.54 Å². The molecule has 0 aliphatic heterocycles. The van der Waals surface area contributed by atoms with Crippen LogP contribution in [0.2, 0.25) is 0 Å². The second-order valence-corrected chi connectivity index (χ2v) is 5.89. The van der Waals surface area contributed by atoms with E-state index in [1.807, 2.05) is 26.8 Å². The summed E-state index contributed by atoms with van der Waals surface area (Å²) in [7, 11) is 1.66. The molecular formula is C14H22F3N3. The first kappa shape index (κ1) is 16.8. The first-order chi connectivity index (χ1) is 9.08. The summed E-state index contributed by atoms with van der Waals surface area (Å²) < 4.78 is 36.8. The Labute approximate surface area is 118 Å². The number of hydrogen-bond donors (Lipinski definition) is 1. The fourth-order valence-electron chi connectivity index (χ4n) is 1.68. The van der Waals surface area contributed by atoms with Gasteiger partial charge in [0, 0.05) is 31.9 Å². The van der Waals surface area contributed by atoms with Crippen molar-refractivity contribution in [2.45, 2.75) is 45.5 Å². The molecule has 0 amide bonds. The van der Waals surface area contributed by atoms with Gasteiger partial charge in [-0.2, -0.15) is 13.2 Å². The molecule has 0 saturated heterocycles. The van der Waals surface area contributed by atoms with Crippen LogP contribution in [0.25, 0.3) is 0 Å². The molecule has 0 bridgehead atoms. The summed E-state index contributed by atoms with van der Waals surface area (Å²) in [5, 5.41) is 3.33. The number of pyridine rings is 1. The Kier molecular flexibility index (Phi) is 5.39. The molecule has 0 spiro atoms. The largest absolute Gasteiger partial charge is 0.390 e. The highest BCUT2D eigenvalue weighted by atomic mass is 19.4. The van der Waals surface area contributed by atoms with E-state index in [2.05, 4.69) is 10.3 Å². The highest BCUT2D eigenvalue weighted by Gasteiger charge is 2.27. The van der Waals surface area contributed by atoms with Crippen LogP contribution in [0, 0.1) is 0 Å². The van der Waals surface area contributed by atoms with Gasteiger partial charge in [-0.05, 0) is 32.4 Å². The summed E-state index contributed by atoms with van der Waals surface area (Å²) in [6, 6.07) is 1.83. The summed E-state index contributed by atoms with van der Waals surface area (Å²) >= 11 is 0. The van der Waals surface area contributed by atoms with Crippen LogP contribution in [0.15, 0.2) is 18.5 Å². The van der Waals surface area contributed by atoms with E-state index >= 15 is 0 Å². The molecule has 0 fully saturated rings. The molecule has 1 aromatic heterocycles. The van der Waals surface area contributed by atoms with Crippen LogP contribution in [0.5, 0.6) is 0 Å². The minimum atomic E-state index is -4.14.